The zero-order valence-electron chi connectivity index (χ0n) is 21.4. The molecular formula is C29H46O4. The van der Waals surface area contributed by atoms with E-state index in [0.717, 1.165) is 44.1 Å². The molecular weight excluding hydrogens is 412 g/mol. The van der Waals surface area contributed by atoms with E-state index in [-0.39, 0.29) is 28.6 Å². The van der Waals surface area contributed by atoms with Crippen LogP contribution in [0.3, 0.4) is 0 Å². The molecule has 0 aromatic carbocycles. The molecule has 4 heteroatoms. The summed E-state index contributed by atoms with van der Waals surface area (Å²) in [6, 6.07) is 0. The highest BCUT2D eigenvalue weighted by molar-refractivity contribution is 5.70. The van der Waals surface area contributed by atoms with Gasteiger partial charge in [-0.1, -0.05) is 58.4 Å². The summed E-state index contributed by atoms with van der Waals surface area (Å²) in [7, 11) is 0. The first kappa shape index (κ1) is 25.0. The van der Waals surface area contributed by atoms with Gasteiger partial charge in [-0.05, 0) is 97.7 Å². The molecule has 33 heavy (non-hydrogen) atoms. The number of aliphatic carboxylic acids is 1. The van der Waals surface area contributed by atoms with E-state index in [1.165, 1.54) is 0 Å². The van der Waals surface area contributed by atoms with Crippen LogP contribution in [0.4, 0.5) is 0 Å². The van der Waals surface area contributed by atoms with Crippen molar-refractivity contribution in [2.75, 3.05) is 0 Å². The lowest BCUT2D eigenvalue weighted by Gasteiger charge is -2.60. The molecule has 0 aliphatic heterocycles. The van der Waals surface area contributed by atoms with Crippen molar-refractivity contribution in [1.82, 2.24) is 0 Å². The van der Waals surface area contributed by atoms with Crippen LogP contribution in [0, 0.1) is 52.3 Å². The first-order chi connectivity index (χ1) is 15.4. The van der Waals surface area contributed by atoms with Gasteiger partial charge in [-0.15, -0.1) is 0 Å². The lowest BCUT2D eigenvalue weighted by molar-refractivity contribution is -0.148. The Morgan fingerprint density at radius 2 is 1.82 bits per heavy atom. The number of aliphatic hydroxyl groups is 2. The van der Waals surface area contributed by atoms with E-state index in [2.05, 4.69) is 47.3 Å². The van der Waals surface area contributed by atoms with E-state index in [4.69, 9.17) is 0 Å². The summed E-state index contributed by atoms with van der Waals surface area (Å²) in [6.45, 7) is 15.3. The number of fused-ring (bicyclic) bond motifs is 5. The van der Waals surface area contributed by atoms with Gasteiger partial charge in [-0.25, -0.2) is 0 Å². The Morgan fingerprint density at radius 1 is 1.15 bits per heavy atom. The molecule has 0 aromatic rings. The molecule has 0 heterocycles. The van der Waals surface area contributed by atoms with Crippen LogP contribution in [0.2, 0.25) is 0 Å². The van der Waals surface area contributed by atoms with Crippen molar-refractivity contribution in [3.63, 3.8) is 0 Å². The highest BCUT2D eigenvalue weighted by Gasteiger charge is 2.61. The second-order valence-electron chi connectivity index (χ2n) is 12.8. The molecule has 186 valence electrons. The molecule has 3 saturated carbocycles. The number of carboxylic acid groups (broad SMARTS) is 1. The summed E-state index contributed by atoms with van der Waals surface area (Å²) >= 11 is 0. The normalized spacial score (nSPS) is 45.6. The van der Waals surface area contributed by atoms with E-state index in [9.17, 15) is 20.1 Å². The van der Waals surface area contributed by atoms with Gasteiger partial charge in [0.25, 0.3) is 0 Å². The lowest BCUT2D eigenvalue weighted by Crippen LogP contribution is -2.56. The zero-order chi connectivity index (χ0) is 24.3. The molecule has 4 nitrogen and oxygen atoms in total. The van der Waals surface area contributed by atoms with E-state index in [1.807, 2.05) is 0 Å². The van der Waals surface area contributed by atoms with Gasteiger partial charge < -0.3 is 15.3 Å². The summed E-state index contributed by atoms with van der Waals surface area (Å²) in [5.41, 5.74) is 2.76. The Hall–Kier alpha value is -1.13. The standard InChI is InChI=1S/C29H46O4/c1-16(2)17(3)7-8-20(27(32)33)23-12-11-22-19-9-10-21-18(4)26(31)25(30)15-29(21,6)24(19)13-14-28(22,23)5/h9,16,18,20-26,30-31H,3,7-8,10-15H2,1-2,4-6H3,(H,32,33)/t18-,20+,21-,22-,23+,24-,25+,26+,28-,29-/m0/s1. The summed E-state index contributed by atoms with van der Waals surface area (Å²) in [4.78, 5) is 12.4. The van der Waals surface area contributed by atoms with Crippen LogP contribution in [0.1, 0.15) is 86.0 Å². The van der Waals surface area contributed by atoms with Crippen LogP contribution >= 0.6 is 0 Å². The highest BCUT2D eigenvalue weighted by atomic mass is 16.4. The topological polar surface area (TPSA) is 77.8 Å². The highest BCUT2D eigenvalue weighted by Crippen LogP contribution is 2.67. The number of hydrogen-bond donors (Lipinski definition) is 3. The molecule has 0 saturated heterocycles. The van der Waals surface area contributed by atoms with Crippen molar-refractivity contribution in [2.45, 2.75) is 98.2 Å². The van der Waals surface area contributed by atoms with E-state index in [0.29, 0.717) is 36.5 Å². The number of carbonyl (C=O) groups is 1. The summed E-state index contributed by atoms with van der Waals surface area (Å²) in [6.07, 6.45) is 8.56. The van der Waals surface area contributed by atoms with E-state index < -0.39 is 18.2 Å². The number of rotatable bonds is 6. The van der Waals surface area contributed by atoms with E-state index >= 15 is 0 Å². The van der Waals surface area contributed by atoms with Crippen LogP contribution in [0.25, 0.3) is 0 Å². The van der Waals surface area contributed by atoms with Gasteiger partial charge in [0.1, 0.15) is 0 Å². The summed E-state index contributed by atoms with van der Waals surface area (Å²) < 4.78 is 0. The van der Waals surface area contributed by atoms with Gasteiger partial charge in [0, 0.05) is 0 Å². The molecule has 0 unspecified atom stereocenters. The maximum atomic E-state index is 12.4. The number of hydrogen-bond acceptors (Lipinski definition) is 3. The molecule has 10 atom stereocenters. The van der Waals surface area contributed by atoms with Gasteiger partial charge in [0.05, 0.1) is 18.1 Å². The molecule has 4 aliphatic carbocycles. The Morgan fingerprint density at radius 3 is 2.45 bits per heavy atom. The molecule has 3 N–H and O–H groups in total. The molecule has 0 spiro atoms. The Kier molecular flexibility index (Phi) is 6.68. The van der Waals surface area contributed by atoms with Crippen LogP contribution in [-0.2, 0) is 4.79 Å². The third-order valence-corrected chi connectivity index (χ3v) is 11.0. The third kappa shape index (κ3) is 3.93. The zero-order valence-corrected chi connectivity index (χ0v) is 21.4. The molecule has 0 bridgehead atoms. The molecule has 3 fully saturated rings. The van der Waals surface area contributed by atoms with Crippen LogP contribution in [-0.4, -0.2) is 33.5 Å². The minimum absolute atomic E-state index is 0.0166. The molecule has 4 aliphatic rings. The lowest BCUT2D eigenvalue weighted by atomic mass is 9.46. The maximum absolute atomic E-state index is 12.4. The van der Waals surface area contributed by atoms with Gasteiger partial charge >= 0.3 is 5.97 Å². The predicted molar refractivity (Wildman–Crippen MR) is 131 cm³/mol. The summed E-state index contributed by atoms with van der Waals surface area (Å²) in [5, 5.41) is 31.4. The molecule has 0 aromatic heterocycles. The fourth-order valence-corrected chi connectivity index (χ4v) is 8.88. The Balaban J connectivity index is 1.59. The number of allylic oxidation sites excluding steroid dienone is 3. The average molecular weight is 459 g/mol. The van der Waals surface area contributed by atoms with Crippen molar-refractivity contribution in [3.8, 4) is 0 Å². The fraction of sp³-hybridized carbons (Fsp3) is 0.828. The van der Waals surface area contributed by atoms with E-state index in [1.54, 1.807) is 5.57 Å². The Labute approximate surface area is 200 Å². The molecule has 0 amide bonds. The minimum atomic E-state index is -0.643. The number of aliphatic hydroxyl groups excluding tert-OH is 2. The van der Waals surface area contributed by atoms with Crippen LogP contribution < -0.4 is 0 Å². The monoisotopic (exact) mass is 458 g/mol. The third-order valence-electron chi connectivity index (χ3n) is 11.0. The fourth-order valence-electron chi connectivity index (χ4n) is 8.88. The van der Waals surface area contributed by atoms with Gasteiger partial charge in [0.15, 0.2) is 0 Å². The average Bonchev–Trinajstić information content (AvgIpc) is 3.09. The van der Waals surface area contributed by atoms with Crippen LogP contribution in [0.5, 0.6) is 0 Å². The van der Waals surface area contributed by atoms with Crippen LogP contribution in [0.15, 0.2) is 23.8 Å². The first-order valence-corrected chi connectivity index (χ1v) is 13.4. The first-order valence-electron chi connectivity index (χ1n) is 13.4. The maximum Gasteiger partial charge on any atom is 0.306 e. The quantitative estimate of drug-likeness (QED) is 0.437. The molecule has 4 rings (SSSR count). The van der Waals surface area contributed by atoms with Crippen molar-refractivity contribution >= 4 is 5.97 Å². The van der Waals surface area contributed by atoms with Crippen molar-refractivity contribution < 1.29 is 20.1 Å². The summed E-state index contributed by atoms with van der Waals surface area (Å²) in [5.74, 6) is 1.08. The number of carboxylic acids is 1. The van der Waals surface area contributed by atoms with Crippen molar-refractivity contribution in [3.05, 3.63) is 23.8 Å². The van der Waals surface area contributed by atoms with Gasteiger partial charge in [-0.2, -0.15) is 0 Å². The van der Waals surface area contributed by atoms with Crippen molar-refractivity contribution in [2.24, 2.45) is 52.3 Å². The second-order valence-corrected chi connectivity index (χ2v) is 12.8. The largest absolute Gasteiger partial charge is 0.481 e. The second kappa shape index (κ2) is 8.82. The SMILES string of the molecule is C=C(CC[C@@H](C(=O)O)[C@H]1CC[C@H]2C3=CC[C@H]4[C@H](C)[C@@H](O)[C@H](O)C[C@]4(C)[C@H]3CC[C@]12C)C(C)C. The molecule has 0 radical (unpaired) electrons. The smallest absolute Gasteiger partial charge is 0.306 e. The minimum Gasteiger partial charge on any atom is -0.481 e. The van der Waals surface area contributed by atoms with Gasteiger partial charge in [-0.3, -0.25) is 4.79 Å². The predicted octanol–water partition coefficient (Wildman–Crippen LogP) is 5.84. The van der Waals surface area contributed by atoms with Crippen molar-refractivity contribution in [1.29, 1.82) is 0 Å². The Bertz CT molecular complexity index is 814. The van der Waals surface area contributed by atoms with Gasteiger partial charge in [0.2, 0.25) is 0 Å².